The molecule has 0 aliphatic carbocycles. The fourth-order valence-electron chi connectivity index (χ4n) is 0. The van der Waals surface area contributed by atoms with Gasteiger partial charge in [0.05, 0.1) is 0 Å². The van der Waals surface area contributed by atoms with Crippen LogP contribution in [-0.2, 0) is 0 Å². The minimum absolute atomic E-state index is 0.431. The Kier molecular flexibility index (Phi) is 2.92. The first-order chi connectivity index (χ1) is 1.91. The summed E-state index contributed by atoms with van der Waals surface area (Å²) in [6.07, 6.45) is 0. The minimum Gasteiger partial charge on any atom is -0.333 e. The maximum absolute atomic E-state index is 10.6. The predicted molar refractivity (Wildman–Crippen MR) is 17.3 cm³/mol. The molecule has 3 heteroatoms. The van der Waals surface area contributed by atoms with Crippen molar-refractivity contribution in [2.24, 2.45) is 0 Å². The summed E-state index contributed by atoms with van der Waals surface area (Å²) >= 11 is 0. The number of halogens is 1. The Bertz CT molecular complexity index is 10.0. The molecular weight excluding hydrogens is 55.8 g/mol. The summed E-state index contributed by atoms with van der Waals surface area (Å²) < 4.78 is 10.6. The highest BCUT2D eigenvalue weighted by atomic mass is 19.1. The molecule has 0 unspecified atom stereocenters. The Morgan fingerprint density at radius 2 is 2.25 bits per heavy atom. The highest BCUT2D eigenvalue weighted by molar-refractivity contribution is 6.22. The highest BCUT2D eigenvalue weighted by Gasteiger charge is 1.65. The minimum atomic E-state index is -0.431. The molecule has 0 spiro atoms. The van der Waals surface area contributed by atoms with E-state index in [0.717, 1.165) is 0 Å². The SMILES string of the molecule is CNBF. The lowest BCUT2D eigenvalue weighted by Gasteiger charge is -1.68. The molecule has 0 amide bonds. The van der Waals surface area contributed by atoms with E-state index in [0.29, 0.717) is 0 Å². The van der Waals surface area contributed by atoms with Crippen LogP contribution in [0.1, 0.15) is 0 Å². The van der Waals surface area contributed by atoms with E-state index in [-0.39, 0.29) is 0 Å². The van der Waals surface area contributed by atoms with Crippen molar-refractivity contribution in [2.75, 3.05) is 7.05 Å². The Morgan fingerprint density at radius 3 is 2.25 bits per heavy atom. The Hall–Kier alpha value is -0.0451. The van der Waals surface area contributed by atoms with Gasteiger partial charge in [0.25, 0.3) is 0 Å². The number of nitrogens with one attached hydrogen (secondary N) is 1. The van der Waals surface area contributed by atoms with Crippen LogP contribution >= 0.6 is 0 Å². The topological polar surface area (TPSA) is 12.0 Å². The molecule has 0 saturated carbocycles. The van der Waals surface area contributed by atoms with Crippen LogP contribution in [0.15, 0.2) is 0 Å². The van der Waals surface area contributed by atoms with Crippen molar-refractivity contribution in [1.82, 2.24) is 5.23 Å². The van der Waals surface area contributed by atoms with E-state index < -0.39 is 7.69 Å². The molecule has 0 heterocycles. The van der Waals surface area contributed by atoms with Crippen molar-refractivity contribution in [1.29, 1.82) is 0 Å². The zero-order valence-corrected chi connectivity index (χ0v) is 2.59. The van der Waals surface area contributed by atoms with Crippen molar-refractivity contribution in [2.45, 2.75) is 0 Å². The van der Waals surface area contributed by atoms with E-state index in [1.807, 2.05) is 0 Å². The molecule has 0 saturated heterocycles. The van der Waals surface area contributed by atoms with Gasteiger partial charge in [-0.2, -0.15) is 0 Å². The molecule has 0 atom stereocenters. The fourth-order valence-corrected chi connectivity index (χ4v) is 0. The summed E-state index contributed by atoms with van der Waals surface area (Å²) in [7, 11) is 1.12. The molecule has 0 fully saturated rings. The third kappa shape index (κ3) is 1.95. The number of rotatable bonds is 1. The van der Waals surface area contributed by atoms with Gasteiger partial charge in [-0.05, 0) is 7.05 Å². The zero-order chi connectivity index (χ0) is 3.41. The summed E-state index contributed by atoms with van der Waals surface area (Å²) in [6, 6.07) is 0. The average molecular weight is 60.9 g/mol. The Balaban J connectivity index is 1.97. The van der Waals surface area contributed by atoms with Gasteiger partial charge in [0.15, 0.2) is 0 Å². The molecule has 24 valence electrons. The second-order valence-corrected chi connectivity index (χ2v) is 0.487. The van der Waals surface area contributed by atoms with Crippen molar-refractivity contribution < 1.29 is 4.32 Å². The molecule has 0 aliphatic rings. The lowest BCUT2D eigenvalue weighted by Crippen LogP contribution is -2.05. The standard InChI is InChI=1S/CH5BFN/c1-4-2-3/h2,4H,1H3. The van der Waals surface area contributed by atoms with Gasteiger partial charge in [-0.1, -0.05) is 0 Å². The zero-order valence-electron chi connectivity index (χ0n) is 2.59. The molecule has 1 nitrogen and oxygen atoms in total. The summed E-state index contributed by atoms with van der Waals surface area (Å²) in [4.78, 5) is 0. The van der Waals surface area contributed by atoms with Crippen LogP contribution in [0, 0.1) is 0 Å². The fraction of sp³-hybridized carbons (Fsp3) is 1.00. The first-order valence-electron chi connectivity index (χ1n) is 1.12. The van der Waals surface area contributed by atoms with Gasteiger partial charge in [0.1, 0.15) is 0 Å². The second kappa shape index (κ2) is 2.95. The molecular formula is CH5BFN. The van der Waals surface area contributed by atoms with Crippen LogP contribution in [0.2, 0.25) is 0 Å². The predicted octanol–water partition coefficient (Wildman–Crippen LogP) is -0.558. The van der Waals surface area contributed by atoms with E-state index >= 15 is 0 Å². The van der Waals surface area contributed by atoms with E-state index in [9.17, 15) is 4.32 Å². The third-order valence-corrected chi connectivity index (χ3v) is 0.134. The molecule has 0 aromatic rings. The maximum Gasteiger partial charge on any atom is 0.411 e. The first-order valence-corrected chi connectivity index (χ1v) is 1.12. The van der Waals surface area contributed by atoms with Crippen LogP contribution in [0.25, 0.3) is 0 Å². The lowest BCUT2D eigenvalue weighted by molar-refractivity contribution is 0.837. The van der Waals surface area contributed by atoms with Gasteiger partial charge in [-0.15, -0.1) is 0 Å². The highest BCUT2D eigenvalue weighted by Crippen LogP contribution is 1.37. The normalized spacial score (nSPS) is 6.50. The molecule has 0 aliphatic heterocycles. The van der Waals surface area contributed by atoms with Crippen LogP contribution in [0.5, 0.6) is 0 Å². The van der Waals surface area contributed by atoms with E-state index in [1.165, 1.54) is 0 Å². The average Bonchev–Trinajstić information content (AvgIpc) is 1.37. The monoisotopic (exact) mass is 61.0 g/mol. The number of hydrogen-bond donors (Lipinski definition) is 1. The van der Waals surface area contributed by atoms with Crippen molar-refractivity contribution in [3.63, 3.8) is 0 Å². The third-order valence-electron chi connectivity index (χ3n) is 0.134. The van der Waals surface area contributed by atoms with Gasteiger partial charge in [0.2, 0.25) is 0 Å². The first kappa shape index (κ1) is 3.95. The summed E-state index contributed by atoms with van der Waals surface area (Å²) in [6.45, 7) is 0. The molecule has 0 rings (SSSR count). The molecule has 0 aromatic heterocycles. The Labute approximate surface area is 25.5 Å². The molecule has 4 heavy (non-hydrogen) atoms. The van der Waals surface area contributed by atoms with E-state index in [4.69, 9.17) is 0 Å². The quantitative estimate of drug-likeness (QED) is 0.401. The van der Waals surface area contributed by atoms with Gasteiger partial charge >= 0.3 is 7.69 Å². The van der Waals surface area contributed by atoms with E-state index in [1.54, 1.807) is 7.05 Å². The number of hydrogen-bond acceptors (Lipinski definition) is 1. The van der Waals surface area contributed by atoms with Gasteiger partial charge < -0.3 is 9.54 Å². The van der Waals surface area contributed by atoms with E-state index in [2.05, 4.69) is 5.23 Å². The van der Waals surface area contributed by atoms with Crippen molar-refractivity contribution in [3.8, 4) is 0 Å². The summed E-state index contributed by atoms with van der Waals surface area (Å²) in [5.41, 5.74) is 0. The van der Waals surface area contributed by atoms with Crippen LogP contribution in [0.3, 0.4) is 0 Å². The van der Waals surface area contributed by atoms with Crippen LogP contribution < -0.4 is 5.23 Å². The largest absolute Gasteiger partial charge is 0.411 e. The molecule has 0 radical (unpaired) electrons. The van der Waals surface area contributed by atoms with Gasteiger partial charge in [-0.3, -0.25) is 0 Å². The summed E-state index contributed by atoms with van der Waals surface area (Å²) in [5.74, 6) is 0. The van der Waals surface area contributed by atoms with Gasteiger partial charge in [-0.25, -0.2) is 0 Å². The maximum atomic E-state index is 10.6. The lowest BCUT2D eigenvalue weighted by atomic mass is 10.4. The smallest absolute Gasteiger partial charge is 0.333 e. The molecule has 0 aromatic carbocycles. The Morgan fingerprint density at radius 1 is 2.00 bits per heavy atom. The van der Waals surface area contributed by atoms with Crippen LogP contribution in [-0.4, -0.2) is 14.7 Å². The van der Waals surface area contributed by atoms with Crippen molar-refractivity contribution in [3.05, 3.63) is 0 Å². The summed E-state index contributed by atoms with van der Waals surface area (Å²) in [5, 5.41) is 2.26. The van der Waals surface area contributed by atoms with Crippen molar-refractivity contribution >= 4 is 7.69 Å². The van der Waals surface area contributed by atoms with Gasteiger partial charge in [0, 0.05) is 0 Å². The second-order valence-electron chi connectivity index (χ2n) is 0.487. The van der Waals surface area contributed by atoms with Crippen LogP contribution in [0.4, 0.5) is 4.32 Å². The molecule has 0 bridgehead atoms. The molecule has 1 N–H and O–H groups in total.